The van der Waals surface area contributed by atoms with Gasteiger partial charge < -0.3 is 10.2 Å². The van der Waals surface area contributed by atoms with Crippen molar-refractivity contribution >= 4 is 15.9 Å². The number of rotatable bonds is 6. The predicted octanol–water partition coefficient (Wildman–Crippen LogP) is 2.46. The number of piperidine rings is 1. The van der Waals surface area contributed by atoms with Gasteiger partial charge in [0.25, 0.3) is 5.91 Å². The molecule has 0 radical (unpaired) electrons. The Bertz CT molecular complexity index is 759. The van der Waals surface area contributed by atoms with E-state index in [2.05, 4.69) is 12.2 Å². The third-order valence-corrected chi connectivity index (χ3v) is 7.64. The lowest BCUT2D eigenvalue weighted by Crippen LogP contribution is -2.43. The summed E-state index contributed by atoms with van der Waals surface area (Å²) < 4.78 is 27.8. The average Bonchev–Trinajstić information content (AvgIpc) is 3.20. The van der Waals surface area contributed by atoms with Crippen LogP contribution >= 0.6 is 0 Å². The van der Waals surface area contributed by atoms with E-state index in [1.807, 2.05) is 11.8 Å². The minimum atomic E-state index is -3.57. The number of amides is 1. The van der Waals surface area contributed by atoms with E-state index in [1.54, 1.807) is 28.6 Å². The first-order valence-corrected chi connectivity index (χ1v) is 11.5. The standard InChI is InChI=1S/C20H31N3O3S/c1-3-12-22(18-10-11-21-15-18)20(24)17-8-6-9-19(14-17)27(25,26)23-13-5-4-7-16(23)2/h6,8-9,14,16,18,21H,3-5,7,10-13,15H2,1-2H3. The van der Waals surface area contributed by atoms with Crippen LogP contribution in [-0.2, 0) is 10.0 Å². The first kappa shape index (κ1) is 20.3. The first-order chi connectivity index (χ1) is 12.9. The molecule has 150 valence electrons. The Labute approximate surface area is 163 Å². The molecule has 2 heterocycles. The van der Waals surface area contributed by atoms with Crippen LogP contribution in [0.4, 0.5) is 0 Å². The van der Waals surface area contributed by atoms with Crippen LogP contribution < -0.4 is 5.32 Å². The van der Waals surface area contributed by atoms with Crippen LogP contribution in [0.3, 0.4) is 0 Å². The molecule has 2 atom stereocenters. The number of sulfonamides is 1. The number of hydrogen-bond donors (Lipinski definition) is 1. The Morgan fingerprint density at radius 1 is 1.30 bits per heavy atom. The van der Waals surface area contributed by atoms with E-state index in [4.69, 9.17) is 0 Å². The number of carbonyl (C=O) groups is 1. The third kappa shape index (κ3) is 4.36. The summed E-state index contributed by atoms with van der Waals surface area (Å²) in [7, 11) is -3.57. The Kier molecular flexibility index (Phi) is 6.55. The molecular weight excluding hydrogens is 362 g/mol. The highest BCUT2D eigenvalue weighted by molar-refractivity contribution is 7.89. The molecule has 0 bridgehead atoms. The minimum absolute atomic E-state index is 0.00395. The summed E-state index contributed by atoms with van der Waals surface area (Å²) in [6, 6.07) is 6.76. The molecule has 7 heteroatoms. The number of hydrogen-bond acceptors (Lipinski definition) is 4. The van der Waals surface area contributed by atoms with Gasteiger partial charge in [-0.15, -0.1) is 0 Å². The van der Waals surface area contributed by atoms with Crippen molar-refractivity contribution in [2.24, 2.45) is 0 Å². The Balaban J connectivity index is 1.86. The zero-order valence-corrected chi connectivity index (χ0v) is 17.2. The van der Waals surface area contributed by atoms with E-state index in [9.17, 15) is 13.2 Å². The summed E-state index contributed by atoms with van der Waals surface area (Å²) in [5.74, 6) is -0.0747. The molecule has 2 saturated heterocycles. The molecule has 1 aromatic carbocycles. The van der Waals surface area contributed by atoms with Crippen LogP contribution in [-0.4, -0.2) is 61.8 Å². The Morgan fingerprint density at radius 2 is 2.11 bits per heavy atom. The van der Waals surface area contributed by atoms with Crippen molar-refractivity contribution in [1.82, 2.24) is 14.5 Å². The van der Waals surface area contributed by atoms with Gasteiger partial charge in [0.15, 0.2) is 0 Å². The summed E-state index contributed by atoms with van der Waals surface area (Å²) in [6.45, 7) is 6.97. The number of nitrogens with one attached hydrogen (secondary N) is 1. The van der Waals surface area contributed by atoms with Gasteiger partial charge in [-0.1, -0.05) is 19.4 Å². The van der Waals surface area contributed by atoms with Gasteiger partial charge in [-0.05, 0) is 57.4 Å². The molecule has 2 aliphatic heterocycles. The quantitative estimate of drug-likeness (QED) is 0.806. The van der Waals surface area contributed by atoms with Gasteiger partial charge in [-0.3, -0.25) is 4.79 Å². The minimum Gasteiger partial charge on any atom is -0.334 e. The van der Waals surface area contributed by atoms with Gasteiger partial charge in [-0.25, -0.2) is 8.42 Å². The van der Waals surface area contributed by atoms with Gasteiger partial charge >= 0.3 is 0 Å². The maximum atomic E-state index is 13.1. The fraction of sp³-hybridized carbons (Fsp3) is 0.650. The molecular formula is C20H31N3O3S. The maximum absolute atomic E-state index is 13.1. The van der Waals surface area contributed by atoms with Gasteiger partial charge in [0, 0.05) is 37.3 Å². The molecule has 0 aliphatic carbocycles. The highest BCUT2D eigenvalue weighted by atomic mass is 32.2. The third-order valence-electron chi connectivity index (χ3n) is 5.63. The summed E-state index contributed by atoms with van der Waals surface area (Å²) in [4.78, 5) is 15.3. The molecule has 3 rings (SSSR count). The van der Waals surface area contributed by atoms with Crippen molar-refractivity contribution in [3.63, 3.8) is 0 Å². The summed E-state index contributed by atoms with van der Waals surface area (Å²) in [6.07, 6.45) is 4.66. The van der Waals surface area contributed by atoms with E-state index in [0.29, 0.717) is 18.7 Å². The van der Waals surface area contributed by atoms with Crippen molar-refractivity contribution in [2.45, 2.75) is 62.9 Å². The summed E-state index contributed by atoms with van der Waals surface area (Å²) in [5.41, 5.74) is 0.459. The molecule has 6 nitrogen and oxygen atoms in total. The first-order valence-electron chi connectivity index (χ1n) is 10.1. The normalized spacial score (nSPS) is 24.1. The molecule has 2 fully saturated rings. The maximum Gasteiger partial charge on any atom is 0.254 e. The van der Waals surface area contributed by atoms with Crippen molar-refractivity contribution in [3.8, 4) is 0 Å². The monoisotopic (exact) mass is 393 g/mol. The zero-order chi connectivity index (χ0) is 19.4. The number of benzene rings is 1. The summed E-state index contributed by atoms with van der Waals surface area (Å²) in [5, 5.41) is 3.30. The summed E-state index contributed by atoms with van der Waals surface area (Å²) >= 11 is 0. The van der Waals surface area contributed by atoms with Crippen LogP contribution in [0.15, 0.2) is 29.2 Å². The molecule has 1 aromatic rings. The Hall–Kier alpha value is -1.44. The Morgan fingerprint density at radius 3 is 2.78 bits per heavy atom. The molecule has 27 heavy (non-hydrogen) atoms. The second-order valence-electron chi connectivity index (χ2n) is 7.63. The second-order valence-corrected chi connectivity index (χ2v) is 9.52. The lowest BCUT2D eigenvalue weighted by atomic mass is 10.1. The van der Waals surface area contributed by atoms with E-state index in [0.717, 1.165) is 45.2 Å². The van der Waals surface area contributed by atoms with Crippen molar-refractivity contribution in [2.75, 3.05) is 26.2 Å². The van der Waals surface area contributed by atoms with Crippen molar-refractivity contribution in [3.05, 3.63) is 29.8 Å². The molecule has 0 saturated carbocycles. The fourth-order valence-electron chi connectivity index (χ4n) is 4.12. The van der Waals surface area contributed by atoms with Crippen LogP contribution in [0.5, 0.6) is 0 Å². The van der Waals surface area contributed by atoms with Crippen molar-refractivity contribution < 1.29 is 13.2 Å². The van der Waals surface area contributed by atoms with Crippen LogP contribution in [0.2, 0.25) is 0 Å². The van der Waals surface area contributed by atoms with Crippen molar-refractivity contribution in [1.29, 1.82) is 0 Å². The van der Waals surface area contributed by atoms with Crippen LogP contribution in [0.25, 0.3) is 0 Å². The van der Waals surface area contributed by atoms with Crippen LogP contribution in [0, 0.1) is 0 Å². The number of carbonyl (C=O) groups excluding carboxylic acids is 1. The highest BCUT2D eigenvalue weighted by Crippen LogP contribution is 2.26. The zero-order valence-electron chi connectivity index (χ0n) is 16.4. The predicted molar refractivity (Wildman–Crippen MR) is 106 cm³/mol. The molecule has 0 spiro atoms. The lowest BCUT2D eigenvalue weighted by Gasteiger charge is -2.32. The molecule has 2 unspecified atom stereocenters. The topological polar surface area (TPSA) is 69.7 Å². The molecule has 2 aliphatic rings. The van der Waals surface area contributed by atoms with Crippen LogP contribution in [0.1, 0.15) is 56.3 Å². The lowest BCUT2D eigenvalue weighted by molar-refractivity contribution is 0.0692. The SMILES string of the molecule is CCCN(C(=O)c1cccc(S(=O)(=O)N2CCCCC2C)c1)C1CCNC1. The smallest absolute Gasteiger partial charge is 0.254 e. The van der Waals surface area contributed by atoms with E-state index < -0.39 is 10.0 Å². The highest BCUT2D eigenvalue weighted by Gasteiger charge is 2.32. The van der Waals surface area contributed by atoms with Gasteiger partial charge in [0.1, 0.15) is 0 Å². The average molecular weight is 394 g/mol. The van der Waals surface area contributed by atoms with E-state index >= 15 is 0 Å². The molecule has 1 N–H and O–H groups in total. The van der Waals surface area contributed by atoms with Gasteiger partial charge in [0.2, 0.25) is 10.0 Å². The molecule has 1 amide bonds. The second kappa shape index (κ2) is 8.71. The molecule has 0 aromatic heterocycles. The number of nitrogens with zero attached hydrogens (tertiary/aromatic N) is 2. The van der Waals surface area contributed by atoms with Gasteiger partial charge in [-0.2, -0.15) is 4.31 Å². The van der Waals surface area contributed by atoms with Gasteiger partial charge in [0.05, 0.1) is 4.90 Å². The largest absolute Gasteiger partial charge is 0.334 e. The fourth-order valence-corrected chi connectivity index (χ4v) is 5.86. The van der Waals surface area contributed by atoms with E-state index in [-0.39, 0.29) is 22.9 Å². The van der Waals surface area contributed by atoms with E-state index in [1.165, 1.54) is 0 Å².